The van der Waals surface area contributed by atoms with E-state index >= 15 is 0 Å². The van der Waals surface area contributed by atoms with E-state index in [0.717, 1.165) is 16.6 Å². The molecule has 5 nitrogen and oxygen atoms in total. The van der Waals surface area contributed by atoms with Gasteiger partial charge in [-0.15, -0.1) is 6.58 Å². The van der Waals surface area contributed by atoms with Crippen molar-refractivity contribution in [2.24, 2.45) is 5.10 Å². The van der Waals surface area contributed by atoms with Crippen molar-refractivity contribution in [2.45, 2.75) is 19.4 Å². The molecule has 0 radical (unpaired) electrons. The highest BCUT2D eigenvalue weighted by Gasteiger charge is 2.11. The zero-order valence-electron chi connectivity index (χ0n) is 16.6. The molecule has 0 saturated heterocycles. The molecule has 4 rings (SSSR count). The van der Waals surface area contributed by atoms with Crippen LogP contribution < -0.4 is 5.43 Å². The fraction of sp³-hybridized carbons (Fsp3) is 0.120. The topological polar surface area (TPSA) is 66.6 Å². The van der Waals surface area contributed by atoms with E-state index in [0.29, 0.717) is 24.9 Å². The molecule has 0 saturated carbocycles. The van der Waals surface area contributed by atoms with Gasteiger partial charge in [-0.25, -0.2) is 5.43 Å². The predicted octanol–water partition coefficient (Wildman–Crippen LogP) is 4.77. The van der Waals surface area contributed by atoms with Gasteiger partial charge in [0, 0.05) is 40.3 Å². The monoisotopic (exact) mass is 397 g/mol. The summed E-state index contributed by atoms with van der Waals surface area (Å²) in [5, 5.41) is 16.6. The Hall–Kier alpha value is -3.86. The summed E-state index contributed by atoms with van der Waals surface area (Å²) >= 11 is 0. The van der Waals surface area contributed by atoms with Crippen LogP contribution in [0, 0.1) is 0 Å². The number of nitrogens with one attached hydrogen (secondary N) is 1. The zero-order valence-corrected chi connectivity index (χ0v) is 16.6. The zero-order chi connectivity index (χ0) is 20.9. The van der Waals surface area contributed by atoms with Crippen LogP contribution in [-0.2, 0) is 17.8 Å². The molecule has 2 N–H and O–H groups in total. The lowest BCUT2D eigenvalue weighted by atomic mass is 10.1. The van der Waals surface area contributed by atoms with Gasteiger partial charge in [0.1, 0.15) is 5.75 Å². The minimum Gasteiger partial charge on any atom is -0.507 e. The number of phenols is 1. The maximum Gasteiger partial charge on any atom is 0.241 e. The number of rotatable bonds is 7. The first-order valence-corrected chi connectivity index (χ1v) is 9.88. The van der Waals surface area contributed by atoms with Crippen molar-refractivity contribution in [1.82, 2.24) is 9.99 Å². The summed E-state index contributed by atoms with van der Waals surface area (Å²) in [6.07, 6.45) is 4.05. The first-order valence-electron chi connectivity index (χ1n) is 9.88. The molecule has 0 spiro atoms. The number of hydrogen-bond donors (Lipinski definition) is 2. The number of aromatic nitrogens is 1. The molecule has 1 heterocycles. The number of allylic oxidation sites excluding steroid dienone is 1. The van der Waals surface area contributed by atoms with Crippen LogP contribution in [0.3, 0.4) is 0 Å². The molecule has 1 amide bonds. The number of carbonyl (C=O) groups excluding carboxylic acids is 1. The number of hydrogen-bond acceptors (Lipinski definition) is 3. The number of nitrogens with zero attached hydrogens (tertiary/aromatic N) is 2. The molecule has 0 aliphatic carbocycles. The molecule has 4 aromatic rings. The van der Waals surface area contributed by atoms with Crippen molar-refractivity contribution in [3.8, 4) is 5.75 Å². The molecule has 0 bridgehead atoms. The van der Waals surface area contributed by atoms with Crippen LogP contribution in [0.4, 0.5) is 0 Å². The molecule has 0 aliphatic heterocycles. The van der Waals surface area contributed by atoms with Crippen LogP contribution in [0.1, 0.15) is 17.5 Å². The summed E-state index contributed by atoms with van der Waals surface area (Å²) in [7, 11) is 0. The van der Waals surface area contributed by atoms with Crippen molar-refractivity contribution in [2.75, 3.05) is 0 Å². The SMILES string of the molecule is C=CCc1cccc(/C=N\NC(=O)CCn2c3ccccc3c3ccccc32)c1O. The standard InChI is InChI=1S/C25H23N3O2/c1-2-8-18-9-7-10-19(25(18)30)17-26-27-24(29)15-16-28-22-13-5-3-11-20(22)21-12-4-6-14-23(21)28/h2-7,9-14,17,30H,1,8,15-16H2,(H,27,29)/b26-17-. The average molecular weight is 397 g/mol. The van der Waals surface area contributed by atoms with Crippen molar-refractivity contribution in [3.05, 3.63) is 90.5 Å². The van der Waals surface area contributed by atoms with Crippen molar-refractivity contribution in [3.63, 3.8) is 0 Å². The Morgan fingerprint density at radius 2 is 1.67 bits per heavy atom. The Labute approximate surface area is 175 Å². The number of benzene rings is 3. The van der Waals surface area contributed by atoms with Crippen LogP contribution in [0.25, 0.3) is 21.8 Å². The minimum atomic E-state index is -0.185. The maximum absolute atomic E-state index is 12.3. The number of carbonyl (C=O) groups is 1. The Morgan fingerprint density at radius 1 is 1.00 bits per heavy atom. The number of aryl methyl sites for hydroxylation is 1. The fourth-order valence-electron chi connectivity index (χ4n) is 3.72. The van der Waals surface area contributed by atoms with Crippen molar-refractivity contribution in [1.29, 1.82) is 0 Å². The van der Waals surface area contributed by atoms with Crippen molar-refractivity contribution < 1.29 is 9.90 Å². The fourth-order valence-corrected chi connectivity index (χ4v) is 3.72. The second-order valence-corrected chi connectivity index (χ2v) is 7.08. The number of amides is 1. The molecule has 3 aromatic carbocycles. The first-order chi connectivity index (χ1) is 14.7. The highest BCUT2D eigenvalue weighted by atomic mass is 16.3. The summed E-state index contributed by atoms with van der Waals surface area (Å²) in [6.45, 7) is 4.24. The molecule has 1 aromatic heterocycles. The number of para-hydroxylation sites is 3. The van der Waals surface area contributed by atoms with Crippen LogP contribution in [0.5, 0.6) is 5.75 Å². The highest BCUT2D eigenvalue weighted by molar-refractivity contribution is 6.08. The molecule has 150 valence electrons. The number of phenolic OH excluding ortho intramolecular Hbond substituents is 1. The summed E-state index contributed by atoms with van der Waals surface area (Å²) in [5.41, 5.74) is 6.10. The van der Waals surface area contributed by atoms with E-state index in [2.05, 4.69) is 45.9 Å². The Bertz CT molecular complexity index is 1200. The first kappa shape index (κ1) is 19.5. The highest BCUT2D eigenvalue weighted by Crippen LogP contribution is 2.28. The van der Waals surface area contributed by atoms with Crippen LogP contribution in [0.2, 0.25) is 0 Å². The van der Waals surface area contributed by atoms with E-state index < -0.39 is 0 Å². The summed E-state index contributed by atoms with van der Waals surface area (Å²) in [4.78, 5) is 12.3. The summed E-state index contributed by atoms with van der Waals surface area (Å²) < 4.78 is 2.17. The van der Waals surface area contributed by atoms with E-state index in [-0.39, 0.29) is 11.7 Å². The summed E-state index contributed by atoms with van der Waals surface area (Å²) in [6, 6.07) is 21.8. The van der Waals surface area contributed by atoms with Gasteiger partial charge < -0.3 is 9.67 Å². The Kier molecular flexibility index (Phi) is 5.61. The van der Waals surface area contributed by atoms with Gasteiger partial charge in [0.15, 0.2) is 0 Å². The van der Waals surface area contributed by atoms with Gasteiger partial charge in [0.25, 0.3) is 0 Å². The average Bonchev–Trinajstić information content (AvgIpc) is 3.09. The lowest BCUT2D eigenvalue weighted by Gasteiger charge is -2.07. The number of fused-ring (bicyclic) bond motifs is 3. The quantitative estimate of drug-likeness (QED) is 0.268. The predicted molar refractivity (Wildman–Crippen MR) is 122 cm³/mol. The maximum atomic E-state index is 12.3. The largest absolute Gasteiger partial charge is 0.507 e. The van der Waals surface area contributed by atoms with E-state index in [9.17, 15) is 9.90 Å². The number of hydrazone groups is 1. The van der Waals surface area contributed by atoms with Gasteiger partial charge in [-0.1, -0.05) is 54.6 Å². The molecular weight excluding hydrogens is 374 g/mol. The third-order valence-corrected chi connectivity index (χ3v) is 5.15. The van der Waals surface area contributed by atoms with Crippen molar-refractivity contribution >= 4 is 33.9 Å². The summed E-state index contributed by atoms with van der Waals surface area (Å²) in [5.74, 6) is -0.0319. The smallest absolute Gasteiger partial charge is 0.241 e. The van der Waals surface area contributed by atoms with E-state index in [1.165, 1.54) is 17.0 Å². The second kappa shape index (κ2) is 8.66. The lowest BCUT2D eigenvalue weighted by Crippen LogP contribution is -2.19. The lowest BCUT2D eigenvalue weighted by molar-refractivity contribution is -0.121. The molecular formula is C25H23N3O2. The Balaban J connectivity index is 1.45. The van der Waals surface area contributed by atoms with Crippen LogP contribution in [0.15, 0.2) is 84.5 Å². The van der Waals surface area contributed by atoms with E-state index in [1.807, 2.05) is 36.4 Å². The van der Waals surface area contributed by atoms with Gasteiger partial charge >= 0.3 is 0 Å². The van der Waals surface area contributed by atoms with Gasteiger partial charge in [-0.3, -0.25) is 4.79 Å². The van der Waals surface area contributed by atoms with E-state index in [4.69, 9.17) is 0 Å². The molecule has 0 unspecified atom stereocenters. The molecule has 0 atom stereocenters. The third kappa shape index (κ3) is 3.82. The third-order valence-electron chi connectivity index (χ3n) is 5.15. The van der Waals surface area contributed by atoms with Gasteiger partial charge in [-0.2, -0.15) is 5.10 Å². The minimum absolute atomic E-state index is 0.153. The van der Waals surface area contributed by atoms with Gasteiger partial charge in [-0.05, 0) is 30.2 Å². The van der Waals surface area contributed by atoms with Gasteiger partial charge in [0.05, 0.1) is 6.21 Å². The normalized spacial score (nSPS) is 11.3. The molecule has 5 heteroatoms. The van der Waals surface area contributed by atoms with E-state index in [1.54, 1.807) is 12.1 Å². The van der Waals surface area contributed by atoms with Crippen LogP contribution >= 0.6 is 0 Å². The second-order valence-electron chi connectivity index (χ2n) is 7.08. The van der Waals surface area contributed by atoms with Crippen LogP contribution in [-0.4, -0.2) is 21.8 Å². The molecule has 0 aliphatic rings. The number of aromatic hydroxyl groups is 1. The Morgan fingerprint density at radius 3 is 2.33 bits per heavy atom. The molecule has 0 fully saturated rings. The molecule has 30 heavy (non-hydrogen) atoms. The van der Waals surface area contributed by atoms with Gasteiger partial charge in [0.2, 0.25) is 5.91 Å².